The lowest BCUT2D eigenvalue weighted by Gasteiger charge is -2.31. The molecule has 0 fully saturated rings. The predicted molar refractivity (Wildman–Crippen MR) is 123 cm³/mol. The van der Waals surface area contributed by atoms with Crippen LogP contribution in [-0.4, -0.2) is 0 Å². The van der Waals surface area contributed by atoms with Crippen LogP contribution in [0.25, 0.3) is 21.5 Å². The van der Waals surface area contributed by atoms with Crippen molar-refractivity contribution in [2.24, 2.45) is 0 Å². The Morgan fingerprint density at radius 3 is 1.86 bits per heavy atom. The van der Waals surface area contributed by atoms with Gasteiger partial charge in [-0.3, -0.25) is 0 Å². The second-order valence-corrected chi connectivity index (χ2v) is 7.33. The first-order chi connectivity index (χ1) is 14.3. The minimum Gasteiger partial charge on any atom is -0.457 e. The van der Waals surface area contributed by atoms with Crippen LogP contribution in [0.4, 0.5) is 0 Å². The minimum atomic E-state index is 0.0696. The Balaban J connectivity index is 1.93. The standard InChI is InChI=1S/C28H22O/c1-3-9-21(10-4-2)26-27-22-13-7-5-11-19(22)15-17-24(27)29-25-18-16-20-12-6-8-14-23(20)28(25)26/h3-18,26H,1H2,2H3/b10-4-,21-9+. The summed E-state index contributed by atoms with van der Waals surface area (Å²) in [5, 5.41) is 4.91. The van der Waals surface area contributed by atoms with Crippen LogP contribution < -0.4 is 4.74 Å². The fourth-order valence-electron chi connectivity index (χ4n) is 4.50. The van der Waals surface area contributed by atoms with Gasteiger partial charge in [-0.2, -0.15) is 0 Å². The van der Waals surface area contributed by atoms with Crippen molar-refractivity contribution >= 4 is 21.5 Å². The maximum atomic E-state index is 6.45. The summed E-state index contributed by atoms with van der Waals surface area (Å²) >= 11 is 0. The molecule has 1 heterocycles. The number of fused-ring (bicyclic) bond motifs is 6. The van der Waals surface area contributed by atoms with Crippen LogP contribution in [0.1, 0.15) is 24.0 Å². The van der Waals surface area contributed by atoms with Crippen molar-refractivity contribution in [3.8, 4) is 11.5 Å². The lowest BCUT2D eigenvalue weighted by Crippen LogP contribution is -2.13. The fourth-order valence-corrected chi connectivity index (χ4v) is 4.50. The third-order valence-corrected chi connectivity index (χ3v) is 5.66. The van der Waals surface area contributed by atoms with Crippen molar-refractivity contribution in [2.75, 3.05) is 0 Å². The summed E-state index contributed by atoms with van der Waals surface area (Å²) < 4.78 is 6.45. The second kappa shape index (κ2) is 7.10. The van der Waals surface area contributed by atoms with E-state index in [1.165, 1.54) is 38.2 Å². The molecule has 0 N–H and O–H groups in total. The zero-order valence-electron chi connectivity index (χ0n) is 16.4. The molecule has 0 unspecified atom stereocenters. The summed E-state index contributed by atoms with van der Waals surface area (Å²) in [6.45, 7) is 6.03. The van der Waals surface area contributed by atoms with E-state index in [0.717, 1.165) is 11.5 Å². The molecule has 0 radical (unpaired) electrons. The highest BCUT2D eigenvalue weighted by atomic mass is 16.5. The molecule has 1 nitrogen and oxygen atoms in total. The first-order valence-electron chi connectivity index (χ1n) is 9.98. The highest BCUT2D eigenvalue weighted by Crippen LogP contribution is 2.52. The van der Waals surface area contributed by atoms with E-state index < -0.39 is 0 Å². The average molecular weight is 374 g/mol. The monoisotopic (exact) mass is 374 g/mol. The Morgan fingerprint density at radius 1 is 0.793 bits per heavy atom. The topological polar surface area (TPSA) is 9.23 Å². The van der Waals surface area contributed by atoms with Crippen molar-refractivity contribution in [1.82, 2.24) is 0 Å². The van der Waals surface area contributed by atoms with Gasteiger partial charge in [0.15, 0.2) is 0 Å². The number of hydrogen-bond donors (Lipinski definition) is 0. The highest BCUT2D eigenvalue weighted by molar-refractivity contribution is 5.95. The number of rotatable bonds is 3. The van der Waals surface area contributed by atoms with Gasteiger partial charge in [0.25, 0.3) is 0 Å². The van der Waals surface area contributed by atoms with Gasteiger partial charge in [0, 0.05) is 17.0 Å². The van der Waals surface area contributed by atoms with E-state index in [-0.39, 0.29) is 5.92 Å². The van der Waals surface area contributed by atoms with E-state index in [2.05, 4.69) is 105 Å². The van der Waals surface area contributed by atoms with Crippen molar-refractivity contribution < 1.29 is 4.74 Å². The Hall–Kier alpha value is -3.58. The quantitative estimate of drug-likeness (QED) is 0.331. The Bertz CT molecular complexity index is 1220. The molecule has 0 saturated carbocycles. The number of hydrogen-bond acceptors (Lipinski definition) is 1. The molecule has 0 saturated heterocycles. The largest absolute Gasteiger partial charge is 0.457 e. The summed E-state index contributed by atoms with van der Waals surface area (Å²) in [6.07, 6.45) is 8.28. The second-order valence-electron chi connectivity index (χ2n) is 7.33. The van der Waals surface area contributed by atoms with Crippen molar-refractivity contribution in [2.45, 2.75) is 12.8 Å². The van der Waals surface area contributed by atoms with Gasteiger partial charge in [-0.25, -0.2) is 0 Å². The van der Waals surface area contributed by atoms with Crippen LogP contribution in [0, 0.1) is 0 Å². The fraction of sp³-hybridized carbons (Fsp3) is 0.0714. The molecule has 0 bridgehead atoms. The van der Waals surface area contributed by atoms with Gasteiger partial charge in [-0.05, 0) is 46.2 Å². The summed E-state index contributed by atoms with van der Waals surface area (Å²) in [6, 6.07) is 25.6. The van der Waals surface area contributed by atoms with E-state index in [9.17, 15) is 0 Å². The van der Waals surface area contributed by atoms with Crippen LogP contribution in [-0.2, 0) is 0 Å². The minimum absolute atomic E-state index is 0.0696. The lowest BCUT2D eigenvalue weighted by atomic mass is 9.78. The maximum Gasteiger partial charge on any atom is 0.132 e. The van der Waals surface area contributed by atoms with Crippen molar-refractivity contribution in [3.05, 3.63) is 120 Å². The van der Waals surface area contributed by atoms with E-state index in [4.69, 9.17) is 4.74 Å². The molecule has 1 heteroatoms. The maximum absolute atomic E-state index is 6.45. The SMILES string of the molecule is C=C/C=C(\C=C/C)C1c2c(ccc3ccccc23)Oc2ccc3ccccc3c21. The Labute approximate surface area is 171 Å². The van der Waals surface area contributed by atoms with Crippen LogP contribution in [0.3, 0.4) is 0 Å². The summed E-state index contributed by atoms with van der Waals surface area (Å²) in [7, 11) is 0. The smallest absolute Gasteiger partial charge is 0.132 e. The highest BCUT2D eigenvalue weighted by Gasteiger charge is 2.32. The zero-order chi connectivity index (χ0) is 19.8. The molecule has 1 aliphatic heterocycles. The molecule has 1 aliphatic rings. The Morgan fingerprint density at radius 2 is 1.34 bits per heavy atom. The van der Waals surface area contributed by atoms with Gasteiger partial charge in [0.2, 0.25) is 0 Å². The third kappa shape index (κ3) is 2.78. The van der Waals surface area contributed by atoms with Crippen molar-refractivity contribution in [3.63, 3.8) is 0 Å². The van der Waals surface area contributed by atoms with Gasteiger partial charge in [0.1, 0.15) is 11.5 Å². The first kappa shape index (κ1) is 17.5. The Kier molecular flexibility index (Phi) is 4.29. The van der Waals surface area contributed by atoms with Crippen LogP contribution in [0.5, 0.6) is 11.5 Å². The molecular formula is C28H22O. The van der Waals surface area contributed by atoms with Crippen molar-refractivity contribution in [1.29, 1.82) is 0 Å². The van der Waals surface area contributed by atoms with Gasteiger partial charge in [0.05, 0.1) is 0 Å². The first-order valence-corrected chi connectivity index (χ1v) is 9.98. The van der Waals surface area contributed by atoms with Gasteiger partial charge in [-0.15, -0.1) is 0 Å². The summed E-state index contributed by atoms with van der Waals surface area (Å²) in [5.74, 6) is 1.92. The molecule has 4 aromatic rings. The average Bonchev–Trinajstić information content (AvgIpc) is 2.77. The summed E-state index contributed by atoms with van der Waals surface area (Å²) in [4.78, 5) is 0. The molecule has 140 valence electrons. The molecular weight excluding hydrogens is 352 g/mol. The molecule has 29 heavy (non-hydrogen) atoms. The van der Waals surface area contributed by atoms with Gasteiger partial charge < -0.3 is 4.74 Å². The summed E-state index contributed by atoms with van der Waals surface area (Å²) in [5.41, 5.74) is 3.65. The lowest BCUT2D eigenvalue weighted by molar-refractivity contribution is 0.456. The number of allylic oxidation sites excluding steroid dienone is 5. The van der Waals surface area contributed by atoms with Gasteiger partial charge in [-0.1, -0.05) is 91.5 Å². The molecule has 0 amide bonds. The zero-order valence-corrected chi connectivity index (χ0v) is 16.4. The molecule has 5 rings (SSSR count). The molecule has 4 aromatic carbocycles. The molecule has 0 aliphatic carbocycles. The normalized spacial score (nSPS) is 14.0. The molecule has 0 atom stereocenters. The van der Waals surface area contributed by atoms with E-state index in [1.807, 2.05) is 6.08 Å². The van der Waals surface area contributed by atoms with E-state index >= 15 is 0 Å². The van der Waals surface area contributed by atoms with Crippen LogP contribution >= 0.6 is 0 Å². The van der Waals surface area contributed by atoms with Crippen LogP contribution in [0.2, 0.25) is 0 Å². The predicted octanol–water partition coefficient (Wildman–Crippen LogP) is 7.92. The molecule has 0 spiro atoms. The number of ether oxygens (including phenoxy) is 1. The van der Waals surface area contributed by atoms with E-state index in [1.54, 1.807) is 0 Å². The molecule has 0 aromatic heterocycles. The van der Waals surface area contributed by atoms with Crippen LogP contribution in [0.15, 0.2) is 109 Å². The van der Waals surface area contributed by atoms with E-state index in [0.29, 0.717) is 0 Å². The number of benzene rings is 4. The third-order valence-electron chi connectivity index (χ3n) is 5.66. The van der Waals surface area contributed by atoms with Gasteiger partial charge >= 0.3 is 0 Å².